The lowest BCUT2D eigenvalue weighted by atomic mass is 9.66. The van der Waals surface area contributed by atoms with Gasteiger partial charge in [-0.2, -0.15) is 0 Å². The molecule has 52 valence electrons. The minimum Gasteiger partial charge on any atom is -0.392 e. The van der Waals surface area contributed by atoms with Crippen LogP contribution >= 0.6 is 0 Å². The molecule has 1 aliphatic carbocycles. The lowest BCUT2D eigenvalue weighted by Crippen LogP contribution is -2.45. The predicted molar refractivity (Wildman–Crippen MR) is 33.1 cm³/mol. The van der Waals surface area contributed by atoms with E-state index in [2.05, 4.69) is 0 Å². The maximum atomic E-state index is 9.32. The van der Waals surface area contributed by atoms with E-state index in [1.807, 2.05) is 0 Å². The molecule has 2 nitrogen and oxygen atoms in total. The summed E-state index contributed by atoms with van der Waals surface area (Å²) < 4.78 is 5.21. The Kier molecular flexibility index (Phi) is 1.08. The molecule has 0 bridgehead atoms. The summed E-state index contributed by atoms with van der Waals surface area (Å²) in [5, 5.41) is 9.32. The third kappa shape index (κ3) is 0.634. The van der Waals surface area contributed by atoms with Crippen molar-refractivity contribution in [2.75, 3.05) is 13.2 Å². The Morgan fingerprint density at radius 1 is 1.44 bits per heavy atom. The molecule has 1 aliphatic heterocycles. The molecular weight excluding hydrogens is 116 g/mol. The molecule has 0 aromatic carbocycles. The fourth-order valence-electron chi connectivity index (χ4n) is 1.76. The first kappa shape index (κ1) is 5.69. The molecule has 2 unspecified atom stereocenters. The smallest absolute Gasteiger partial charge is 0.0619 e. The molecule has 9 heavy (non-hydrogen) atoms. The lowest BCUT2D eigenvalue weighted by Gasteiger charge is -2.42. The summed E-state index contributed by atoms with van der Waals surface area (Å²) in [7, 11) is 0. The van der Waals surface area contributed by atoms with Crippen LogP contribution in [0.3, 0.4) is 0 Å². The van der Waals surface area contributed by atoms with Gasteiger partial charge in [-0.25, -0.2) is 0 Å². The Labute approximate surface area is 54.8 Å². The van der Waals surface area contributed by atoms with Gasteiger partial charge in [0.2, 0.25) is 0 Å². The van der Waals surface area contributed by atoms with E-state index >= 15 is 0 Å². The summed E-state index contributed by atoms with van der Waals surface area (Å²) in [5.41, 5.74) is 0.208. The van der Waals surface area contributed by atoms with E-state index in [4.69, 9.17) is 4.74 Å². The van der Waals surface area contributed by atoms with Crippen molar-refractivity contribution in [1.29, 1.82) is 0 Å². The number of hydrogen-bond donors (Lipinski definition) is 1. The van der Waals surface area contributed by atoms with Crippen LogP contribution in [0.2, 0.25) is 0 Å². The van der Waals surface area contributed by atoms with Crippen molar-refractivity contribution in [2.24, 2.45) is 5.41 Å². The predicted octanol–water partition coefficient (Wildman–Crippen LogP) is 0.548. The summed E-state index contributed by atoms with van der Waals surface area (Å²) in [5.74, 6) is 0. The normalized spacial score (nSPS) is 49.7. The van der Waals surface area contributed by atoms with Crippen LogP contribution in [0.1, 0.15) is 19.3 Å². The largest absolute Gasteiger partial charge is 0.392 e. The van der Waals surface area contributed by atoms with Crippen LogP contribution in [-0.2, 0) is 4.74 Å². The van der Waals surface area contributed by atoms with E-state index < -0.39 is 0 Å². The Morgan fingerprint density at radius 3 is 2.56 bits per heavy atom. The zero-order chi connectivity index (χ0) is 6.32. The number of aliphatic hydroxyl groups is 1. The second kappa shape index (κ2) is 1.70. The summed E-state index contributed by atoms with van der Waals surface area (Å²) in [4.78, 5) is 0. The first-order valence-corrected chi connectivity index (χ1v) is 3.59. The number of aliphatic hydroxyl groups excluding tert-OH is 1. The van der Waals surface area contributed by atoms with Gasteiger partial charge in [0.1, 0.15) is 0 Å². The quantitative estimate of drug-likeness (QED) is 0.516. The van der Waals surface area contributed by atoms with E-state index in [-0.39, 0.29) is 11.5 Å². The molecular formula is C7H12O2. The molecule has 1 spiro atoms. The van der Waals surface area contributed by atoms with Crippen molar-refractivity contribution < 1.29 is 9.84 Å². The highest BCUT2D eigenvalue weighted by atomic mass is 16.5. The van der Waals surface area contributed by atoms with Gasteiger partial charge < -0.3 is 9.84 Å². The fraction of sp³-hybridized carbons (Fsp3) is 1.00. The van der Waals surface area contributed by atoms with Gasteiger partial charge in [-0.1, -0.05) is 0 Å². The number of hydrogen-bond acceptors (Lipinski definition) is 2. The van der Waals surface area contributed by atoms with Gasteiger partial charge in [0, 0.05) is 12.0 Å². The van der Waals surface area contributed by atoms with Gasteiger partial charge in [0.15, 0.2) is 0 Å². The monoisotopic (exact) mass is 128 g/mol. The first-order chi connectivity index (χ1) is 4.33. The Morgan fingerprint density at radius 2 is 2.33 bits per heavy atom. The molecule has 0 amide bonds. The van der Waals surface area contributed by atoms with Crippen LogP contribution in [0.5, 0.6) is 0 Å². The standard InChI is InChI=1S/C7H12O2/c8-6-1-2-7(6)3-4-9-5-7/h6,8H,1-5H2. The number of rotatable bonds is 0. The van der Waals surface area contributed by atoms with E-state index in [0.29, 0.717) is 0 Å². The molecule has 1 N–H and O–H groups in total. The minimum atomic E-state index is -0.0556. The van der Waals surface area contributed by atoms with E-state index in [9.17, 15) is 5.11 Å². The summed E-state index contributed by atoms with van der Waals surface area (Å²) in [6.07, 6.45) is 3.19. The van der Waals surface area contributed by atoms with Crippen LogP contribution in [0.25, 0.3) is 0 Å². The van der Waals surface area contributed by atoms with Crippen molar-refractivity contribution in [2.45, 2.75) is 25.4 Å². The third-order valence-corrected chi connectivity index (χ3v) is 2.76. The van der Waals surface area contributed by atoms with Crippen LogP contribution < -0.4 is 0 Å². The Bertz CT molecular complexity index is 116. The maximum Gasteiger partial charge on any atom is 0.0619 e. The van der Waals surface area contributed by atoms with Crippen LogP contribution in [0.4, 0.5) is 0 Å². The molecule has 1 saturated carbocycles. The molecule has 2 atom stereocenters. The van der Waals surface area contributed by atoms with Gasteiger partial charge in [0.25, 0.3) is 0 Å². The van der Waals surface area contributed by atoms with Crippen molar-refractivity contribution in [3.63, 3.8) is 0 Å². The van der Waals surface area contributed by atoms with Gasteiger partial charge >= 0.3 is 0 Å². The first-order valence-electron chi connectivity index (χ1n) is 3.59. The van der Waals surface area contributed by atoms with Crippen molar-refractivity contribution >= 4 is 0 Å². The molecule has 0 aromatic rings. The minimum absolute atomic E-state index is 0.0556. The zero-order valence-corrected chi connectivity index (χ0v) is 5.47. The Balaban J connectivity index is 2.06. The highest BCUT2D eigenvalue weighted by molar-refractivity contribution is 4.97. The van der Waals surface area contributed by atoms with Gasteiger partial charge in [-0.05, 0) is 19.3 Å². The molecule has 2 fully saturated rings. The molecule has 0 aromatic heterocycles. The second-order valence-electron chi connectivity index (χ2n) is 3.22. The van der Waals surface area contributed by atoms with Crippen LogP contribution in [0.15, 0.2) is 0 Å². The van der Waals surface area contributed by atoms with Gasteiger partial charge in [-0.3, -0.25) is 0 Å². The molecule has 0 radical (unpaired) electrons. The average Bonchev–Trinajstić information content (AvgIpc) is 2.34. The van der Waals surface area contributed by atoms with Gasteiger partial charge in [-0.15, -0.1) is 0 Å². The Hall–Kier alpha value is -0.0800. The summed E-state index contributed by atoms with van der Waals surface area (Å²) in [6.45, 7) is 1.66. The van der Waals surface area contributed by atoms with Crippen LogP contribution in [0, 0.1) is 5.41 Å². The fourth-order valence-corrected chi connectivity index (χ4v) is 1.76. The highest BCUT2D eigenvalue weighted by Crippen LogP contribution is 2.47. The number of ether oxygens (including phenoxy) is 1. The summed E-state index contributed by atoms with van der Waals surface area (Å²) in [6, 6.07) is 0. The molecule has 1 saturated heterocycles. The highest BCUT2D eigenvalue weighted by Gasteiger charge is 2.48. The summed E-state index contributed by atoms with van der Waals surface area (Å²) >= 11 is 0. The van der Waals surface area contributed by atoms with Gasteiger partial charge in [0.05, 0.1) is 12.7 Å². The topological polar surface area (TPSA) is 29.5 Å². The van der Waals surface area contributed by atoms with Crippen molar-refractivity contribution in [3.05, 3.63) is 0 Å². The second-order valence-corrected chi connectivity index (χ2v) is 3.22. The van der Waals surface area contributed by atoms with Crippen molar-refractivity contribution in [1.82, 2.24) is 0 Å². The van der Waals surface area contributed by atoms with E-state index in [1.54, 1.807) is 0 Å². The molecule has 2 aliphatic rings. The molecule has 2 heteroatoms. The maximum absolute atomic E-state index is 9.32. The average molecular weight is 128 g/mol. The third-order valence-electron chi connectivity index (χ3n) is 2.76. The van der Waals surface area contributed by atoms with E-state index in [0.717, 1.165) is 26.1 Å². The van der Waals surface area contributed by atoms with Crippen molar-refractivity contribution in [3.8, 4) is 0 Å². The molecule has 2 rings (SSSR count). The van der Waals surface area contributed by atoms with E-state index in [1.165, 1.54) is 6.42 Å². The lowest BCUT2D eigenvalue weighted by molar-refractivity contribution is -0.0666. The SMILES string of the molecule is OC1CCC12CCOC2. The van der Waals surface area contributed by atoms with Crippen LogP contribution in [-0.4, -0.2) is 24.4 Å². The zero-order valence-electron chi connectivity index (χ0n) is 5.47. The molecule has 1 heterocycles.